The topological polar surface area (TPSA) is 0 Å². The molecular formula is C18H36. The van der Waals surface area contributed by atoms with Gasteiger partial charge in [0.25, 0.3) is 0 Å². The van der Waals surface area contributed by atoms with E-state index in [-0.39, 0.29) is 0 Å². The minimum atomic E-state index is 1.15. The standard InChI is InChI=1S/2C5H10.2C4H8/c2*1-3-5-4-2;2*1-4(2)3/h2*3H,1,4-5H2,2H3;2*1H2,2-3H3. The Kier molecular flexibility index (Phi) is 42.5. The second kappa shape index (κ2) is 29.7. The van der Waals surface area contributed by atoms with E-state index in [0.29, 0.717) is 0 Å². The van der Waals surface area contributed by atoms with Gasteiger partial charge in [-0.3, -0.25) is 0 Å². The highest BCUT2D eigenvalue weighted by Gasteiger charge is 1.62. The van der Waals surface area contributed by atoms with Crippen LogP contribution in [0.2, 0.25) is 0 Å². The minimum absolute atomic E-state index is 1.15. The van der Waals surface area contributed by atoms with Crippen molar-refractivity contribution >= 4 is 0 Å². The first-order valence-corrected chi connectivity index (χ1v) is 6.75. The number of rotatable bonds is 4. The van der Waals surface area contributed by atoms with Gasteiger partial charge in [0.2, 0.25) is 0 Å². The third-order valence-electron chi connectivity index (χ3n) is 0.986. The Morgan fingerprint density at radius 1 is 0.722 bits per heavy atom. The van der Waals surface area contributed by atoms with Crippen molar-refractivity contribution in [3.8, 4) is 0 Å². The van der Waals surface area contributed by atoms with Crippen molar-refractivity contribution in [1.82, 2.24) is 0 Å². The van der Waals surface area contributed by atoms with Crippen molar-refractivity contribution in [2.24, 2.45) is 0 Å². The van der Waals surface area contributed by atoms with Crippen LogP contribution in [-0.4, -0.2) is 0 Å². The van der Waals surface area contributed by atoms with Gasteiger partial charge in [-0.05, 0) is 40.5 Å². The van der Waals surface area contributed by atoms with Crippen LogP contribution >= 0.6 is 0 Å². The van der Waals surface area contributed by atoms with Gasteiger partial charge < -0.3 is 0 Å². The summed E-state index contributed by atoms with van der Waals surface area (Å²) in [4.78, 5) is 0. The summed E-state index contributed by atoms with van der Waals surface area (Å²) >= 11 is 0. The molecule has 0 saturated heterocycles. The van der Waals surface area contributed by atoms with Crippen LogP contribution in [0.3, 0.4) is 0 Å². The average Bonchev–Trinajstić information content (AvgIpc) is 2.19. The lowest BCUT2D eigenvalue weighted by atomic mass is 10.3. The fourth-order valence-corrected chi connectivity index (χ4v) is 0.408. The molecule has 18 heavy (non-hydrogen) atoms. The molecule has 0 aromatic carbocycles. The first kappa shape index (κ1) is 25.7. The first-order chi connectivity index (χ1) is 8.29. The molecule has 0 rings (SSSR count). The van der Waals surface area contributed by atoms with Gasteiger partial charge in [-0.15, -0.1) is 26.3 Å². The summed E-state index contributed by atoms with van der Waals surface area (Å²) in [5.41, 5.74) is 2.33. The van der Waals surface area contributed by atoms with Crippen molar-refractivity contribution < 1.29 is 0 Å². The second-order valence-electron chi connectivity index (χ2n) is 4.57. The number of unbranched alkanes of at least 4 members (excludes halogenated alkanes) is 2. The van der Waals surface area contributed by atoms with Crippen molar-refractivity contribution in [2.45, 2.75) is 67.2 Å². The molecule has 0 bridgehead atoms. The van der Waals surface area contributed by atoms with E-state index in [1.807, 2.05) is 39.8 Å². The van der Waals surface area contributed by atoms with Crippen molar-refractivity contribution in [2.75, 3.05) is 0 Å². The van der Waals surface area contributed by atoms with Crippen molar-refractivity contribution in [1.29, 1.82) is 0 Å². The van der Waals surface area contributed by atoms with Crippen LogP contribution in [0.1, 0.15) is 67.2 Å². The maximum absolute atomic E-state index is 3.56. The highest BCUT2D eigenvalue weighted by atomic mass is 13.7. The lowest BCUT2D eigenvalue weighted by Crippen LogP contribution is -1.52. The largest absolute Gasteiger partial charge is 0.103 e. The summed E-state index contributed by atoms with van der Waals surface area (Å²) in [7, 11) is 0. The molecule has 0 fully saturated rings. The van der Waals surface area contributed by atoms with Crippen LogP contribution < -0.4 is 0 Å². The number of allylic oxidation sites excluding steroid dienone is 4. The fraction of sp³-hybridized carbons (Fsp3) is 0.556. The summed E-state index contributed by atoms with van der Waals surface area (Å²) in [5.74, 6) is 0. The van der Waals surface area contributed by atoms with Gasteiger partial charge in [-0.2, -0.15) is 0 Å². The van der Waals surface area contributed by atoms with Crippen molar-refractivity contribution in [3.05, 3.63) is 49.6 Å². The molecule has 0 N–H and O–H groups in total. The normalized spacial score (nSPS) is 7.00. The van der Waals surface area contributed by atoms with Gasteiger partial charge in [0.1, 0.15) is 0 Å². The molecule has 0 aliphatic heterocycles. The summed E-state index contributed by atoms with van der Waals surface area (Å²) in [6.45, 7) is 26.4. The monoisotopic (exact) mass is 252 g/mol. The van der Waals surface area contributed by atoms with E-state index >= 15 is 0 Å². The third-order valence-corrected chi connectivity index (χ3v) is 0.986. The molecule has 0 aromatic rings. The van der Waals surface area contributed by atoms with Crippen LogP contribution in [-0.2, 0) is 0 Å². The molecule has 0 radical (unpaired) electrons. The van der Waals surface area contributed by atoms with E-state index in [4.69, 9.17) is 0 Å². The van der Waals surface area contributed by atoms with Gasteiger partial charge >= 0.3 is 0 Å². The fourth-order valence-electron chi connectivity index (χ4n) is 0.408. The van der Waals surface area contributed by atoms with E-state index in [2.05, 4.69) is 40.2 Å². The summed E-state index contributed by atoms with van der Waals surface area (Å²) in [6.07, 6.45) is 8.62. The second-order valence-corrected chi connectivity index (χ2v) is 4.57. The van der Waals surface area contributed by atoms with E-state index in [0.717, 1.165) is 12.8 Å². The lowest BCUT2D eigenvalue weighted by molar-refractivity contribution is 0.961. The Balaban J connectivity index is -0.0000000731. The van der Waals surface area contributed by atoms with Crippen molar-refractivity contribution in [3.63, 3.8) is 0 Å². The number of hydrogen-bond acceptors (Lipinski definition) is 0. The Hall–Kier alpha value is -1.04. The smallest absolute Gasteiger partial charge is 0.0356 e. The molecule has 0 saturated carbocycles. The van der Waals surface area contributed by atoms with E-state index in [9.17, 15) is 0 Å². The molecule has 0 aliphatic rings. The molecule has 0 atom stereocenters. The summed E-state index contributed by atoms with van der Waals surface area (Å²) in [6, 6.07) is 0. The summed E-state index contributed by atoms with van der Waals surface area (Å²) in [5, 5.41) is 0. The van der Waals surface area contributed by atoms with Gasteiger partial charge in [0.15, 0.2) is 0 Å². The number of hydrogen-bond donors (Lipinski definition) is 0. The van der Waals surface area contributed by atoms with Crippen LogP contribution in [0, 0.1) is 0 Å². The molecule has 0 heterocycles. The van der Waals surface area contributed by atoms with Gasteiger partial charge in [0, 0.05) is 0 Å². The molecule has 0 aliphatic carbocycles. The minimum Gasteiger partial charge on any atom is -0.103 e. The van der Waals surface area contributed by atoms with E-state index in [1.165, 1.54) is 24.0 Å². The maximum Gasteiger partial charge on any atom is -0.0356 e. The maximum atomic E-state index is 3.56. The Morgan fingerprint density at radius 2 is 0.889 bits per heavy atom. The first-order valence-electron chi connectivity index (χ1n) is 6.75. The molecule has 108 valence electrons. The predicted molar refractivity (Wildman–Crippen MR) is 91.2 cm³/mol. The molecule has 0 heteroatoms. The zero-order valence-corrected chi connectivity index (χ0v) is 13.8. The SMILES string of the molecule is C=C(C)C.C=C(C)C.C=CCCC.C=CCCC. The van der Waals surface area contributed by atoms with Gasteiger partial charge in [0.05, 0.1) is 0 Å². The van der Waals surface area contributed by atoms with E-state index in [1.54, 1.807) is 0 Å². The Labute approximate surface area is 117 Å². The van der Waals surface area contributed by atoms with Gasteiger partial charge in [-0.1, -0.05) is 50.0 Å². The molecule has 0 amide bonds. The Bertz CT molecular complexity index is 154. The zero-order chi connectivity index (χ0) is 15.4. The average molecular weight is 252 g/mol. The molecule has 0 spiro atoms. The highest BCUT2D eigenvalue weighted by Crippen LogP contribution is 1.82. The molecule has 0 nitrogen and oxygen atoms in total. The quantitative estimate of drug-likeness (QED) is 0.468. The third kappa shape index (κ3) is 333. The summed E-state index contributed by atoms with van der Waals surface area (Å²) < 4.78 is 0. The highest BCUT2D eigenvalue weighted by molar-refractivity contribution is 4.79. The van der Waals surface area contributed by atoms with Gasteiger partial charge in [-0.25, -0.2) is 0 Å². The predicted octanol–water partition coefficient (Wildman–Crippen LogP) is 7.11. The lowest BCUT2D eigenvalue weighted by Gasteiger charge is -1.72. The Morgan fingerprint density at radius 3 is 0.889 bits per heavy atom. The molecular weight excluding hydrogens is 216 g/mol. The molecule has 0 unspecified atom stereocenters. The van der Waals surface area contributed by atoms with Crippen LogP contribution in [0.4, 0.5) is 0 Å². The van der Waals surface area contributed by atoms with Crippen LogP contribution in [0.5, 0.6) is 0 Å². The zero-order valence-electron chi connectivity index (χ0n) is 13.8. The van der Waals surface area contributed by atoms with Crippen LogP contribution in [0.25, 0.3) is 0 Å². The van der Waals surface area contributed by atoms with E-state index < -0.39 is 0 Å². The molecule has 0 aromatic heterocycles. The van der Waals surface area contributed by atoms with Crippen LogP contribution in [0.15, 0.2) is 49.6 Å².